The minimum Gasteiger partial charge on any atom is -0.458 e. The second-order valence-corrected chi connectivity index (χ2v) is 11.2. The van der Waals surface area contributed by atoms with E-state index in [9.17, 15) is 19.2 Å². The smallest absolute Gasteiger partial charge is 0.306 e. The Labute approximate surface area is 227 Å². The van der Waals surface area contributed by atoms with Gasteiger partial charge in [0.05, 0.1) is 0 Å². The van der Waals surface area contributed by atoms with E-state index in [0.29, 0.717) is 25.7 Å². The van der Waals surface area contributed by atoms with Crippen molar-refractivity contribution >= 4 is 23.9 Å². The predicted molar refractivity (Wildman–Crippen MR) is 141 cm³/mol. The maximum atomic E-state index is 12.4. The van der Waals surface area contributed by atoms with Crippen LogP contribution in [0.2, 0.25) is 0 Å². The van der Waals surface area contributed by atoms with Crippen LogP contribution in [0.4, 0.5) is 0 Å². The summed E-state index contributed by atoms with van der Waals surface area (Å²) in [7, 11) is 0. The average molecular weight is 537 g/mol. The van der Waals surface area contributed by atoms with Crippen molar-refractivity contribution in [2.75, 3.05) is 0 Å². The molecule has 0 amide bonds. The molecular weight excluding hydrogens is 488 g/mol. The summed E-state index contributed by atoms with van der Waals surface area (Å²) in [5.74, 6) is -0.868. The largest absolute Gasteiger partial charge is 0.458 e. The van der Waals surface area contributed by atoms with Crippen LogP contribution in [0.5, 0.6) is 0 Å². The third-order valence-corrected chi connectivity index (χ3v) is 7.94. The van der Waals surface area contributed by atoms with Gasteiger partial charge in [-0.3, -0.25) is 19.2 Å². The van der Waals surface area contributed by atoms with Crippen LogP contribution in [0.25, 0.3) is 0 Å². The fraction of sp³-hybridized carbons (Fsp3) is 0.867. The van der Waals surface area contributed by atoms with Crippen molar-refractivity contribution in [3.63, 3.8) is 0 Å². The minimum atomic E-state index is -0.340. The molecule has 4 atom stereocenters. The zero-order chi connectivity index (χ0) is 27.0. The standard InChI is InChI=1S/C30H48O8/c31-27-19-7-3-1-4-8-20-28(32)36-24-16-12-14-18-26(24)38-30(34)22-10-6-2-5-9-21-29(33)37-25-17-13-11-15-23(25)35-27/h23-26H,1-22H2. The lowest BCUT2D eigenvalue weighted by Gasteiger charge is -2.31. The number of ether oxygens (including phenoxy) is 4. The van der Waals surface area contributed by atoms with Crippen molar-refractivity contribution in [2.45, 2.75) is 166 Å². The van der Waals surface area contributed by atoms with E-state index in [1.54, 1.807) is 0 Å². The number of hydrogen-bond acceptors (Lipinski definition) is 8. The molecule has 3 fully saturated rings. The second kappa shape index (κ2) is 17.5. The molecule has 3 rings (SSSR count). The number of carbonyl (C=O) groups is 4. The van der Waals surface area contributed by atoms with E-state index >= 15 is 0 Å². The fourth-order valence-corrected chi connectivity index (χ4v) is 5.71. The topological polar surface area (TPSA) is 105 Å². The summed E-state index contributed by atoms with van der Waals surface area (Å²) in [6, 6.07) is 0. The Morgan fingerprint density at radius 2 is 0.526 bits per heavy atom. The molecule has 0 aromatic rings. The lowest BCUT2D eigenvalue weighted by molar-refractivity contribution is -0.172. The van der Waals surface area contributed by atoms with Gasteiger partial charge in [-0.15, -0.1) is 0 Å². The van der Waals surface area contributed by atoms with Gasteiger partial charge < -0.3 is 18.9 Å². The molecule has 1 saturated heterocycles. The highest BCUT2D eigenvalue weighted by molar-refractivity contribution is 5.71. The van der Waals surface area contributed by atoms with Gasteiger partial charge in [-0.05, 0) is 77.0 Å². The van der Waals surface area contributed by atoms with Gasteiger partial charge in [0.1, 0.15) is 24.4 Å². The van der Waals surface area contributed by atoms with Crippen molar-refractivity contribution in [3.8, 4) is 0 Å². The van der Waals surface area contributed by atoms with Crippen LogP contribution in [-0.2, 0) is 38.1 Å². The Kier molecular flexibility index (Phi) is 14.0. The first kappa shape index (κ1) is 30.4. The van der Waals surface area contributed by atoms with Crippen molar-refractivity contribution < 1.29 is 38.1 Å². The fourth-order valence-electron chi connectivity index (χ4n) is 5.71. The molecule has 8 heteroatoms. The van der Waals surface area contributed by atoms with Crippen LogP contribution in [0.15, 0.2) is 0 Å². The van der Waals surface area contributed by atoms with E-state index in [2.05, 4.69) is 0 Å². The number of rotatable bonds is 0. The van der Waals surface area contributed by atoms with Gasteiger partial charge in [0.25, 0.3) is 0 Å². The Morgan fingerprint density at radius 3 is 0.763 bits per heavy atom. The normalized spacial score (nSPS) is 30.9. The molecule has 2 saturated carbocycles. The Bertz CT molecular complexity index is 629. The Hall–Kier alpha value is -2.12. The first-order valence-corrected chi connectivity index (χ1v) is 15.3. The number of fused-ring (bicyclic) bond motifs is 2. The van der Waals surface area contributed by atoms with Gasteiger partial charge in [-0.25, -0.2) is 0 Å². The Balaban J connectivity index is 1.48. The summed E-state index contributed by atoms with van der Waals surface area (Å²) in [5, 5.41) is 0. The van der Waals surface area contributed by atoms with Gasteiger partial charge in [0, 0.05) is 25.7 Å². The molecule has 1 aliphatic heterocycles. The first-order valence-electron chi connectivity index (χ1n) is 15.3. The van der Waals surface area contributed by atoms with E-state index in [1.165, 1.54) is 0 Å². The van der Waals surface area contributed by atoms with E-state index in [4.69, 9.17) is 18.9 Å². The summed E-state index contributed by atoms with van der Waals surface area (Å²) < 4.78 is 22.9. The van der Waals surface area contributed by atoms with Crippen LogP contribution in [0.3, 0.4) is 0 Å². The molecule has 0 bridgehead atoms. The highest BCUT2D eigenvalue weighted by Crippen LogP contribution is 2.27. The minimum absolute atomic E-state index is 0.217. The van der Waals surface area contributed by atoms with Crippen LogP contribution in [-0.4, -0.2) is 48.3 Å². The third kappa shape index (κ3) is 11.7. The highest BCUT2D eigenvalue weighted by atomic mass is 16.6. The monoisotopic (exact) mass is 536 g/mol. The van der Waals surface area contributed by atoms with E-state index in [0.717, 1.165) is 116 Å². The van der Waals surface area contributed by atoms with Gasteiger partial charge >= 0.3 is 23.9 Å². The summed E-state index contributed by atoms with van der Waals surface area (Å²) >= 11 is 0. The second-order valence-electron chi connectivity index (χ2n) is 11.2. The van der Waals surface area contributed by atoms with Crippen LogP contribution in [0.1, 0.15) is 141 Å². The van der Waals surface area contributed by atoms with E-state index < -0.39 is 0 Å². The molecule has 1 heterocycles. The Morgan fingerprint density at radius 1 is 0.316 bits per heavy atom. The number of carbonyl (C=O) groups excluding carboxylic acids is 4. The maximum Gasteiger partial charge on any atom is 0.306 e. The molecule has 0 aromatic heterocycles. The summed E-state index contributed by atoms with van der Waals surface area (Å²) in [5.41, 5.74) is 0. The summed E-state index contributed by atoms with van der Waals surface area (Å²) in [4.78, 5) is 49.6. The molecule has 38 heavy (non-hydrogen) atoms. The SMILES string of the molecule is O=C1CCCCCCCC(=O)OC2CCCCC2OC(=O)CCCCCCCC(=O)OC2CCCCC2O1. The molecule has 2 aliphatic carbocycles. The van der Waals surface area contributed by atoms with Crippen molar-refractivity contribution in [3.05, 3.63) is 0 Å². The molecule has 3 aliphatic rings. The molecule has 4 unspecified atom stereocenters. The number of esters is 4. The van der Waals surface area contributed by atoms with Crippen LogP contribution in [0, 0.1) is 0 Å². The number of hydrogen-bond donors (Lipinski definition) is 0. The van der Waals surface area contributed by atoms with Crippen LogP contribution < -0.4 is 0 Å². The predicted octanol–water partition coefficient (Wildman–Crippen LogP) is 6.26. The average Bonchev–Trinajstić information content (AvgIpc) is 2.89. The quantitative estimate of drug-likeness (QED) is 0.264. The van der Waals surface area contributed by atoms with Crippen molar-refractivity contribution in [1.29, 1.82) is 0 Å². The van der Waals surface area contributed by atoms with Gasteiger partial charge in [0.15, 0.2) is 0 Å². The molecular formula is C30H48O8. The van der Waals surface area contributed by atoms with Crippen LogP contribution >= 0.6 is 0 Å². The van der Waals surface area contributed by atoms with Crippen molar-refractivity contribution in [2.24, 2.45) is 0 Å². The van der Waals surface area contributed by atoms with Gasteiger partial charge in [-0.2, -0.15) is 0 Å². The zero-order valence-electron chi connectivity index (χ0n) is 23.1. The molecule has 0 spiro atoms. The van der Waals surface area contributed by atoms with Gasteiger partial charge in [-0.1, -0.05) is 38.5 Å². The maximum absolute atomic E-state index is 12.4. The third-order valence-electron chi connectivity index (χ3n) is 7.94. The molecule has 8 nitrogen and oxygen atoms in total. The molecule has 216 valence electrons. The molecule has 0 radical (unpaired) electrons. The van der Waals surface area contributed by atoms with E-state index in [1.807, 2.05) is 0 Å². The van der Waals surface area contributed by atoms with E-state index in [-0.39, 0.29) is 48.3 Å². The lowest BCUT2D eigenvalue weighted by atomic mass is 9.94. The van der Waals surface area contributed by atoms with Gasteiger partial charge in [0.2, 0.25) is 0 Å². The zero-order valence-corrected chi connectivity index (χ0v) is 23.1. The highest BCUT2D eigenvalue weighted by Gasteiger charge is 2.32. The first-order chi connectivity index (χ1) is 18.5. The molecule has 0 aromatic carbocycles. The summed E-state index contributed by atoms with van der Waals surface area (Å²) in [6.45, 7) is 0. The summed E-state index contributed by atoms with van der Waals surface area (Å²) in [6.07, 6.45) is 15.4. The lowest BCUT2D eigenvalue weighted by Crippen LogP contribution is -2.37. The molecule has 0 N–H and O–H groups in total. The van der Waals surface area contributed by atoms with Crippen molar-refractivity contribution in [1.82, 2.24) is 0 Å².